The molecule has 3 heteroatoms. The summed E-state index contributed by atoms with van der Waals surface area (Å²) in [5, 5.41) is 0. The van der Waals surface area contributed by atoms with E-state index in [2.05, 4.69) is 4.57 Å². The van der Waals surface area contributed by atoms with E-state index in [9.17, 15) is 4.79 Å². The standard InChI is InChI=1S/C17H19NO2/c1-4-20-17(19)13(2)12-16-11-10-14(3)18(16)15-8-6-5-7-9-15/h5-12H,4H2,1-3H3/b13-12-. The van der Waals surface area contributed by atoms with Gasteiger partial charge in [0.05, 0.1) is 6.61 Å². The van der Waals surface area contributed by atoms with E-state index >= 15 is 0 Å². The first-order valence-corrected chi connectivity index (χ1v) is 6.72. The average Bonchev–Trinajstić information content (AvgIpc) is 2.81. The Kier molecular flexibility index (Phi) is 4.41. The van der Waals surface area contributed by atoms with Crippen LogP contribution in [0.25, 0.3) is 11.8 Å². The molecule has 0 aliphatic heterocycles. The molecule has 3 nitrogen and oxygen atoms in total. The first-order chi connectivity index (χ1) is 9.63. The van der Waals surface area contributed by atoms with Crippen LogP contribution in [-0.2, 0) is 9.53 Å². The number of aromatic nitrogens is 1. The van der Waals surface area contributed by atoms with E-state index in [1.165, 1.54) is 0 Å². The molecule has 0 radical (unpaired) electrons. The van der Waals surface area contributed by atoms with Crippen molar-refractivity contribution in [2.75, 3.05) is 6.61 Å². The number of rotatable bonds is 4. The van der Waals surface area contributed by atoms with Crippen molar-refractivity contribution in [2.45, 2.75) is 20.8 Å². The third-order valence-corrected chi connectivity index (χ3v) is 3.08. The predicted octanol–water partition coefficient (Wildman–Crippen LogP) is 3.75. The Labute approximate surface area is 119 Å². The van der Waals surface area contributed by atoms with Crippen molar-refractivity contribution < 1.29 is 9.53 Å². The molecular weight excluding hydrogens is 250 g/mol. The Morgan fingerprint density at radius 2 is 1.90 bits per heavy atom. The molecule has 0 unspecified atom stereocenters. The highest BCUT2D eigenvalue weighted by molar-refractivity contribution is 5.92. The van der Waals surface area contributed by atoms with Crippen LogP contribution in [0.5, 0.6) is 0 Å². The summed E-state index contributed by atoms with van der Waals surface area (Å²) in [7, 11) is 0. The van der Waals surface area contributed by atoms with Crippen molar-refractivity contribution in [1.29, 1.82) is 0 Å². The van der Waals surface area contributed by atoms with Gasteiger partial charge in [-0.15, -0.1) is 0 Å². The number of esters is 1. The Hall–Kier alpha value is -2.29. The van der Waals surface area contributed by atoms with E-state index < -0.39 is 0 Å². The highest BCUT2D eigenvalue weighted by atomic mass is 16.5. The van der Waals surface area contributed by atoms with E-state index in [1.54, 1.807) is 6.92 Å². The maximum atomic E-state index is 11.7. The second-order valence-corrected chi connectivity index (χ2v) is 4.62. The first-order valence-electron chi connectivity index (χ1n) is 6.72. The number of carbonyl (C=O) groups is 1. The van der Waals surface area contributed by atoms with Crippen molar-refractivity contribution in [2.24, 2.45) is 0 Å². The van der Waals surface area contributed by atoms with Gasteiger partial charge in [0.15, 0.2) is 0 Å². The van der Waals surface area contributed by atoms with Crippen LogP contribution in [0.3, 0.4) is 0 Å². The summed E-state index contributed by atoms with van der Waals surface area (Å²) in [4.78, 5) is 11.7. The summed E-state index contributed by atoms with van der Waals surface area (Å²) < 4.78 is 7.13. The van der Waals surface area contributed by atoms with Crippen molar-refractivity contribution in [3.63, 3.8) is 0 Å². The molecular formula is C17H19NO2. The van der Waals surface area contributed by atoms with Gasteiger partial charge in [-0.05, 0) is 51.1 Å². The molecule has 0 amide bonds. The van der Waals surface area contributed by atoms with Gasteiger partial charge in [0.25, 0.3) is 0 Å². The molecule has 1 aromatic carbocycles. The number of ether oxygens (including phenoxy) is 1. The van der Waals surface area contributed by atoms with Crippen LogP contribution in [0.1, 0.15) is 25.2 Å². The Balaban J connectivity index is 2.40. The molecule has 104 valence electrons. The molecule has 2 rings (SSSR count). The molecule has 20 heavy (non-hydrogen) atoms. The van der Waals surface area contributed by atoms with Gasteiger partial charge >= 0.3 is 5.97 Å². The Bertz CT molecular complexity index is 624. The lowest BCUT2D eigenvalue weighted by molar-refractivity contribution is -0.138. The monoisotopic (exact) mass is 269 g/mol. The van der Waals surface area contributed by atoms with Crippen molar-refractivity contribution in [1.82, 2.24) is 4.57 Å². The van der Waals surface area contributed by atoms with Crippen LogP contribution in [0, 0.1) is 6.92 Å². The lowest BCUT2D eigenvalue weighted by Gasteiger charge is -2.10. The van der Waals surface area contributed by atoms with Crippen LogP contribution in [0.4, 0.5) is 0 Å². The summed E-state index contributed by atoms with van der Waals surface area (Å²) in [5.41, 5.74) is 3.78. The highest BCUT2D eigenvalue weighted by Crippen LogP contribution is 2.19. The molecule has 0 aliphatic rings. The molecule has 0 aliphatic carbocycles. The third kappa shape index (κ3) is 2.99. The smallest absolute Gasteiger partial charge is 0.333 e. The normalized spacial score (nSPS) is 11.4. The third-order valence-electron chi connectivity index (χ3n) is 3.08. The summed E-state index contributed by atoms with van der Waals surface area (Å²) >= 11 is 0. The van der Waals surface area contributed by atoms with Gasteiger partial charge < -0.3 is 9.30 Å². The summed E-state index contributed by atoms with van der Waals surface area (Å²) in [6.07, 6.45) is 1.86. The highest BCUT2D eigenvalue weighted by Gasteiger charge is 2.09. The van der Waals surface area contributed by atoms with Gasteiger partial charge in [0.1, 0.15) is 0 Å². The van der Waals surface area contributed by atoms with E-state index in [1.807, 2.05) is 62.4 Å². The van der Waals surface area contributed by atoms with Crippen LogP contribution in [-0.4, -0.2) is 17.1 Å². The fraction of sp³-hybridized carbons (Fsp3) is 0.235. The molecule has 0 atom stereocenters. The summed E-state index contributed by atoms with van der Waals surface area (Å²) in [5.74, 6) is -0.272. The lowest BCUT2D eigenvalue weighted by atomic mass is 10.2. The molecule has 0 bridgehead atoms. The maximum Gasteiger partial charge on any atom is 0.333 e. The van der Waals surface area contributed by atoms with E-state index in [4.69, 9.17) is 4.74 Å². The number of nitrogens with zero attached hydrogens (tertiary/aromatic N) is 1. The quantitative estimate of drug-likeness (QED) is 0.625. The zero-order valence-corrected chi connectivity index (χ0v) is 12.1. The van der Waals surface area contributed by atoms with Crippen LogP contribution >= 0.6 is 0 Å². The van der Waals surface area contributed by atoms with Gasteiger partial charge in [-0.25, -0.2) is 4.79 Å². The van der Waals surface area contributed by atoms with Crippen LogP contribution in [0.2, 0.25) is 0 Å². The van der Waals surface area contributed by atoms with Gasteiger partial charge in [0, 0.05) is 22.6 Å². The Morgan fingerprint density at radius 1 is 1.20 bits per heavy atom. The second-order valence-electron chi connectivity index (χ2n) is 4.62. The average molecular weight is 269 g/mol. The van der Waals surface area contributed by atoms with E-state index in [0.29, 0.717) is 12.2 Å². The van der Waals surface area contributed by atoms with E-state index in [0.717, 1.165) is 17.1 Å². The van der Waals surface area contributed by atoms with Crippen molar-refractivity contribution >= 4 is 12.0 Å². The SMILES string of the molecule is CCOC(=O)/C(C)=C\c1ccc(C)n1-c1ccccc1. The fourth-order valence-electron chi connectivity index (χ4n) is 2.13. The molecule has 0 N–H and O–H groups in total. The summed E-state index contributed by atoms with van der Waals surface area (Å²) in [6.45, 7) is 6.02. The number of carbonyl (C=O) groups excluding carboxylic acids is 1. The molecule has 1 aromatic heterocycles. The lowest BCUT2D eigenvalue weighted by Crippen LogP contribution is -2.06. The number of para-hydroxylation sites is 1. The van der Waals surface area contributed by atoms with Gasteiger partial charge in [-0.1, -0.05) is 18.2 Å². The number of hydrogen-bond acceptors (Lipinski definition) is 2. The number of hydrogen-bond donors (Lipinski definition) is 0. The van der Waals surface area contributed by atoms with E-state index in [-0.39, 0.29) is 5.97 Å². The molecule has 0 saturated carbocycles. The fourth-order valence-corrected chi connectivity index (χ4v) is 2.13. The summed E-state index contributed by atoms with van der Waals surface area (Å²) in [6, 6.07) is 14.1. The number of aryl methyl sites for hydroxylation is 1. The largest absolute Gasteiger partial charge is 0.463 e. The number of benzene rings is 1. The van der Waals surface area contributed by atoms with Gasteiger partial charge in [-0.3, -0.25) is 0 Å². The minimum atomic E-state index is -0.272. The molecule has 2 aromatic rings. The zero-order valence-electron chi connectivity index (χ0n) is 12.1. The predicted molar refractivity (Wildman–Crippen MR) is 80.8 cm³/mol. The zero-order chi connectivity index (χ0) is 14.5. The van der Waals surface area contributed by atoms with Crippen LogP contribution in [0.15, 0.2) is 48.0 Å². The first kappa shape index (κ1) is 14.1. The molecule has 1 heterocycles. The van der Waals surface area contributed by atoms with Gasteiger partial charge in [-0.2, -0.15) is 0 Å². The molecule has 0 fully saturated rings. The van der Waals surface area contributed by atoms with Gasteiger partial charge in [0.2, 0.25) is 0 Å². The second kappa shape index (κ2) is 6.24. The van der Waals surface area contributed by atoms with Crippen molar-refractivity contribution in [3.05, 3.63) is 59.4 Å². The van der Waals surface area contributed by atoms with Crippen molar-refractivity contribution in [3.8, 4) is 5.69 Å². The Morgan fingerprint density at radius 3 is 2.55 bits per heavy atom. The topological polar surface area (TPSA) is 31.2 Å². The van der Waals surface area contributed by atoms with Crippen LogP contribution < -0.4 is 0 Å². The maximum absolute atomic E-state index is 11.7. The minimum absolute atomic E-state index is 0.272. The molecule has 0 spiro atoms. The molecule has 0 saturated heterocycles. The minimum Gasteiger partial charge on any atom is -0.463 e.